The molecule has 0 bridgehead atoms. The van der Waals surface area contributed by atoms with Crippen molar-refractivity contribution in [3.8, 4) is 5.69 Å². The zero-order valence-electron chi connectivity index (χ0n) is 15.1. The molecule has 0 atom stereocenters. The number of carbonyl (C=O) groups is 1. The Kier molecular flexibility index (Phi) is 4.11. The number of rotatable bonds is 2. The molecule has 0 N–H and O–H groups in total. The number of halogens is 1. The van der Waals surface area contributed by atoms with Crippen molar-refractivity contribution < 1.29 is 4.79 Å². The number of hydrogen-bond acceptors (Lipinski definition) is 3. The molecule has 27 heavy (non-hydrogen) atoms. The number of amides is 1. The molecule has 2 heterocycles. The highest BCUT2D eigenvalue weighted by Gasteiger charge is 2.17. The summed E-state index contributed by atoms with van der Waals surface area (Å²) in [6.45, 7) is 0. The maximum Gasteiger partial charge on any atom is 0.333 e. The molecule has 0 aliphatic heterocycles. The molecule has 0 aliphatic rings. The van der Waals surface area contributed by atoms with Gasteiger partial charge in [-0.15, -0.1) is 0 Å². The van der Waals surface area contributed by atoms with Crippen molar-refractivity contribution in [3.05, 3.63) is 69.2 Å². The average molecular weight is 425 g/mol. The average Bonchev–Trinajstić information content (AvgIpc) is 2.92. The van der Waals surface area contributed by atoms with Gasteiger partial charge in [0, 0.05) is 36.6 Å². The van der Waals surface area contributed by atoms with Crippen molar-refractivity contribution >= 4 is 43.8 Å². The monoisotopic (exact) mass is 424 g/mol. The number of benzene rings is 2. The second-order valence-electron chi connectivity index (χ2n) is 6.58. The van der Waals surface area contributed by atoms with Gasteiger partial charge in [0.25, 0.3) is 5.91 Å². The van der Waals surface area contributed by atoms with Gasteiger partial charge in [0.15, 0.2) is 0 Å². The molecule has 0 fully saturated rings. The predicted octanol–water partition coefficient (Wildman–Crippen LogP) is 3.34. The fraction of sp³-hybridized carbons (Fsp3) is 0.150. The molecule has 4 aromatic rings. The third-order valence-electron chi connectivity index (χ3n) is 4.62. The quantitative estimate of drug-likeness (QED) is 0.495. The standard InChI is InChI=1S/C20H17BrN4O2/c1-23(2)19(26)12-4-7-14(8-5-12)25-18-15-10-13(21)6-9-16(15)22-11-17(18)24(3)20(25)27/h4-11H,1-3H3. The lowest BCUT2D eigenvalue weighted by Gasteiger charge is -2.11. The van der Waals surface area contributed by atoms with Crippen LogP contribution in [0.15, 0.2) is 57.9 Å². The van der Waals surface area contributed by atoms with Crippen LogP contribution in [0.3, 0.4) is 0 Å². The van der Waals surface area contributed by atoms with Gasteiger partial charge in [0.2, 0.25) is 0 Å². The molecular formula is C20H17BrN4O2. The van der Waals surface area contributed by atoms with Gasteiger partial charge < -0.3 is 4.90 Å². The molecule has 0 saturated heterocycles. The van der Waals surface area contributed by atoms with E-state index in [1.807, 2.05) is 18.2 Å². The van der Waals surface area contributed by atoms with E-state index in [0.29, 0.717) is 11.3 Å². The summed E-state index contributed by atoms with van der Waals surface area (Å²) >= 11 is 3.50. The first-order valence-corrected chi connectivity index (χ1v) is 9.15. The Morgan fingerprint density at radius 3 is 2.48 bits per heavy atom. The molecular weight excluding hydrogens is 408 g/mol. The van der Waals surface area contributed by atoms with E-state index in [0.717, 1.165) is 26.4 Å². The van der Waals surface area contributed by atoms with Gasteiger partial charge >= 0.3 is 5.69 Å². The highest BCUT2D eigenvalue weighted by molar-refractivity contribution is 9.10. The van der Waals surface area contributed by atoms with Gasteiger partial charge in [0.1, 0.15) is 0 Å². The molecule has 136 valence electrons. The highest BCUT2D eigenvalue weighted by Crippen LogP contribution is 2.27. The molecule has 2 aromatic heterocycles. The van der Waals surface area contributed by atoms with Gasteiger partial charge in [0.05, 0.1) is 28.4 Å². The van der Waals surface area contributed by atoms with E-state index in [1.165, 1.54) is 4.90 Å². The molecule has 0 aliphatic carbocycles. The number of carbonyl (C=O) groups excluding carboxylic acids is 1. The highest BCUT2D eigenvalue weighted by atomic mass is 79.9. The summed E-state index contributed by atoms with van der Waals surface area (Å²) < 4.78 is 4.16. The Morgan fingerprint density at radius 1 is 1.11 bits per heavy atom. The van der Waals surface area contributed by atoms with Gasteiger partial charge in [-0.2, -0.15) is 0 Å². The minimum Gasteiger partial charge on any atom is -0.345 e. The van der Waals surface area contributed by atoms with Crippen molar-refractivity contribution in [2.75, 3.05) is 14.1 Å². The van der Waals surface area contributed by atoms with Crippen LogP contribution in [-0.4, -0.2) is 39.0 Å². The number of aryl methyl sites for hydroxylation is 1. The molecule has 7 heteroatoms. The zero-order chi connectivity index (χ0) is 19.3. The fourth-order valence-electron chi connectivity index (χ4n) is 3.22. The second kappa shape index (κ2) is 6.35. The molecule has 0 spiro atoms. The number of aromatic nitrogens is 3. The van der Waals surface area contributed by atoms with Crippen LogP contribution in [0.2, 0.25) is 0 Å². The van der Waals surface area contributed by atoms with Crippen LogP contribution in [0, 0.1) is 0 Å². The van der Waals surface area contributed by atoms with Crippen LogP contribution in [0.25, 0.3) is 27.6 Å². The minimum absolute atomic E-state index is 0.0783. The zero-order valence-corrected chi connectivity index (χ0v) is 16.7. The van der Waals surface area contributed by atoms with Crippen molar-refractivity contribution in [2.24, 2.45) is 7.05 Å². The lowest BCUT2D eigenvalue weighted by molar-refractivity contribution is 0.0827. The smallest absolute Gasteiger partial charge is 0.333 e. The Balaban J connectivity index is 2.01. The van der Waals surface area contributed by atoms with Crippen LogP contribution < -0.4 is 5.69 Å². The van der Waals surface area contributed by atoms with E-state index in [9.17, 15) is 9.59 Å². The molecule has 2 aromatic carbocycles. The molecule has 6 nitrogen and oxygen atoms in total. The largest absolute Gasteiger partial charge is 0.345 e. The van der Waals surface area contributed by atoms with Gasteiger partial charge in [-0.05, 0) is 42.5 Å². The molecule has 0 unspecified atom stereocenters. The number of pyridine rings is 1. The van der Waals surface area contributed by atoms with E-state index in [1.54, 1.807) is 60.7 Å². The van der Waals surface area contributed by atoms with Crippen LogP contribution in [0.1, 0.15) is 10.4 Å². The Bertz CT molecular complexity index is 1250. The van der Waals surface area contributed by atoms with E-state index < -0.39 is 0 Å². The first kappa shape index (κ1) is 17.5. The summed E-state index contributed by atoms with van der Waals surface area (Å²) in [7, 11) is 5.15. The Morgan fingerprint density at radius 2 is 1.81 bits per heavy atom. The van der Waals surface area contributed by atoms with Crippen LogP contribution in [-0.2, 0) is 7.05 Å². The number of fused-ring (bicyclic) bond motifs is 3. The van der Waals surface area contributed by atoms with E-state index in [-0.39, 0.29) is 11.6 Å². The molecule has 1 amide bonds. The molecule has 0 radical (unpaired) electrons. The van der Waals surface area contributed by atoms with Crippen molar-refractivity contribution in [2.45, 2.75) is 0 Å². The summed E-state index contributed by atoms with van der Waals surface area (Å²) in [4.78, 5) is 31.1. The van der Waals surface area contributed by atoms with E-state index in [4.69, 9.17) is 0 Å². The predicted molar refractivity (Wildman–Crippen MR) is 110 cm³/mol. The normalized spacial score (nSPS) is 11.3. The Hall–Kier alpha value is -2.93. The van der Waals surface area contributed by atoms with Gasteiger partial charge in [-0.3, -0.25) is 18.9 Å². The lowest BCUT2D eigenvalue weighted by Crippen LogP contribution is -2.22. The van der Waals surface area contributed by atoms with Crippen molar-refractivity contribution in [1.82, 2.24) is 19.0 Å². The van der Waals surface area contributed by atoms with Crippen molar-refractivity contribution in [1.29, 1.82) is 0 Å². The number of nitrogens with zero attached hydrogens (tertiary/aromatic N) is 4. The first-order valence-electron chi connectivity index (χ1n) is 8.36. The van der Waals surface area contributed by atoms with E-state index in [2.05, 4.69) is 20.9 Å². The van der Waals surface area contributed by atoms with Crippen LogP contribution >= 0.6 is 15.9 Å². The summed E-state index contributed by atoms with van der Waals surface area (Å²) in [6, 6.07) is 12.9. The summed E-state index contributed by atoms with van der Waals surface area (Å²) in [5.41, 5.74) is 3.47. The van der Waals surface area contributed by atoms with E-state index >= 15 is 0 Å². The van der Waals surface area contributed by atoms with Gasteiger partial charge in [-0.1, -0.05) is 15.9 Å². The maximum absolute atomic E-state index is 13.0. The number of imidazole rings is 1. The second-order valence-corrected chi connectivity index (χ2v) is 7.49. The fourth-order valence-corrected chi connectivity index (χ4v) is 3.58. The SMILES string of the molecule is CN(C)C(=O)c1ccc(-n2c(=O)n(C)c3cnc4ccc(Br)cc4c32)cc1. The Labute approximate surface area is 163 Å². The topological polar surface area (TPSA) is 60.1 Å². The summed E-state index contributed by atoms with van der Waals surface area (Å²) in [6.07, 6.45) is 1.72. The minimum atomic E-state index is -0.161. The summed E-state index contributed by atoms with van der Waals surface area (Å²) in [5.74, 6) is -0.0783. The van der Waals surface area contributed by atoms with Crippen LogP contribution in [0.5, 0.6) is 0 Å². The van der Waals surface area contributed by atoms with Gasteiger partial charge in [-0.25, -0.2) is 4.79 Å². The lowest BCUT2D eigenvalue weighted by atomic mass is 10.1. The molecule has 0 saturated carbocycles. The van der Waals surface area contributed by atoms with Crippen molar-refractivity contribution in [3.63, 3.8) is 0 Å². The maximum atomic E-state index is 13.0. The summed E-state index contributed by atoms with van der Waals surface area (Å²) in [5, 5.41) is 0.882. The molecule has 4 rings (SSSR count). The third kappa shape index (κ3) is 2.75. The number of hydrogen-bond donors (Lipinski definition) is 0. The first-order chi connectivity index (χ1) is 12.9. The van der Waals surface area contributed by atoms with Crippen LogP contribution in [0.4, 0.5) is 0 Å². The third-order valence-corrected chi connectivity index (χ3v) is 5.12.